The molecule has 0 atom stereocenters. The Labute approximate surface area is 110 Å². The summed E-state index contributed by atoms with van der Waals surface area (Å²) in [5.74, 6) is -0.800. The third kappa shape index (κ3) is 1.82. The first kappa shape index (κ1) is 11.9. The van der Waals surface area contributed by atoms with Crippen LogP contribution in [0.5, 0.6) is 0 Å². The number of barbiturate groups is 1. The molecular formula is C14H14N2O3. The Hall–Kier alpha value is -2.17. The van der Waals surface area contributed by atoms with Gasteiger partial charge in [0.25, 0.3) is 0 Å². The highest BCUT2D eigenvalue weighted by Crippen LogP contribution is 2.49. The molecule has 1 aliphatic carbocycles. The van der Waals surface area contributed by atoms with Gasteiger partial charge >= 0.3 is 6.03 Å². The van der Waals surface area contributed by atoms with Gasteiger partial charge in [0.1, 0.15) is 5.41 Å². The minimum absolute atomic E-state index is 0.210. The second-order valence-electron chi connectivity index (χ2n) is 5.22. The standard InChI is InChI=1S/C14H14N2O3/c1-9-3-2-4-10(7-9)8-16-12(18)14(5-6-14)11(17)15-13(16)19/h2-4,7H,5-6,8H2,1H3,(H,15,17,19). The van der Waals surface area contributed by atoms with Crippen LogP contribution in [0.3, 0.4) is 0 Å². The minimum atomic E-state index is -0.961. The van der Waals surface area contributed by atoms with E-state index in [1.54, 1.807) is 0 Å². The summed E-state index contributed by atoms with van der Waals surface area (Å²) in [4.78, 5) is 36.9. The van der Waals surface area contributed by atoms with Crippen molar-refractivity contribution in [2.24, 2.45) is 5.41 Å². The molecule has 5 heteroatoms. The fourth-order valence-electron chi connectivity index (χ4n) is 2.43. The number of benzene rings is 1. The average molecular weight is 258 g/mol. The van der Waals surface area contributed by atoms with E-state index in [0.29, 0.717) is 12.8 Å². The van der Waals surface area contributed by atoms with E-state index in [9.17, 15) is 14.4 Å². The van der Waals surface area contributed by atoms with Crippen molar-refractivity contribution < 1.29 is 14.4 Å². The van der Waals surface area contributed by atoms with Crippen molar-refractivity contribution in [3.05, 3.63) is 35.4 Å². The van der Waals surface area contributed by atoms with Crippen LogP contribution in [0.15, 0.2) is 24.3 Å². The van der Waals surface area contributed by atoms with Gasteiger partial charge in [0.15, 0.2) is 0 Å². The van der Waals surface area contributed by atoms with Gasteiger partial charge in [-0.25, -0.2) is 4.79 Å². The van der Waals surface area contributed by atoms with E-state index in [1.165, 1.54) is 0 Å². The second kappa shape index (κ2) is 3.91. The van der Waals surface area contributed by atoms with Crippen molar-refractivity contribution >= 4 is 17.8 Å². The number of hydrogen-bond donors (Lipinski definition) is 1. The molecule has 1 spiro atoms. The number of aryl methyl sites for hydroxylation is 1. The van der Waals surface area contributed by atoms with E-state index in [0.717, 1.165) is 16.0 Å². The molecule has 1 N–H and O–H groups in total. The molecule has 3 rings (SSSR count). The quantitative estimate of drug-likeness (QED) is 0.814. The molecule has 2 aliphatic rings. The Bertz CT molecular complexity index is 590. The molecule has 1 saturated heterocycles. The monoisotopic (exact) mass is 258 g/mol. The Morgan fingerprint density at radius 2 is 2.00 bits per heavy atom. The van der Waals surface area contributed by atoms with E-state index in [4.69, 9.17) is 0 Å². The predicted octanol–water partition coefficient (Wildman–Crippen LogP) is 1.35. The minimum Gasteiger partial charge on any atom is -0.277 e. The molecule has 1 aliphatic heterocycles. The van der Waals surface area contributed by atoms with Gasteiger partial charge in [-0.3, -0.25) is 19.8 Å². The summed E-state index contributed by atoms with van der Waals surface area (Å²) in [6.45, 7) is 2.16. The zero-order valence-corrected chi connectivity index (χ0v) is 10.6. The molecule has 1 aromatic carbocycles. The largest absolute Gasteiger partial charge is 0.331 e. The summed E-state index contributed by atoms with van der Waals surface area (Å²) in [6, 6.07) is 7.01. The molecule has 0 radical (unpaired) electrons. The lowest BCUT2D eigenvalue weighted by Gasteiger charge is -2.30. The Balaban J connectivity index is 1.86. The van der Waals surface area contributed by atoms with E-state index in [-0.39, 0.29) is 12.5 Å². The van der Waals surface area contributed by atoms with E-state index in [2.05, 4.69) is 5.32 Å². The molecule has 0 aromatic heterocycles. The first-order valence-corrected chi connectivity index (χ1v) is 6.26. The second-order valence-corrected chi connectivity index (χ2v) is 5.22. The van der Waals surface area contributed by atoms with Crippen LogP contribution in [0.4, 0.5) is 4.79 Å². The van der Waals surface area contributed by atoms with E-state index in [1.807, 2.05) is 31.2 Å². The number of rotatable bonds is 2. The maximum atomic E-state index is 12.3. The fourth-order valence-corrected chi connectivity index (χ4v) is 2.43. The van der Waals surface area contributed by atoms with Crippen molar-refractivity contribution in [3.8, 4) is 0 Å². The lowest BCUT2D eigenvalue weighted by molar-refractivity contribution is -0.145. The lowest BCUT2D eigenvalue weighted by Crippen LogP contribution is -2.58. The van der Waals surface area contributed by atoms with Gasteiger partial charge in [-0.1, -0.05) is 29.8 Å². The van der Waals surface area contributed by atoms with Crippen molar-refractivity contribution in [2.45, 2.75) is 26.3 Å². The Morgan fingerprint density at radius 3 is 2.63 bits per heavy atom. The Kier molecular flexibility index (Phi) is 2.45. The summed E-state index contributed by atoms with van der Waals surface area (Å²) < 4.78 is 0. The molecule has 1 aromatic rings. The van der Waals surface area contributed by atoms with Crippen molar-refractivity contribution in [1.82, 2.24) is 10.2 Å². The van der Waals surface area contributed by atoms with Crippen LogP contribution in [0.1, 0.15) is 24.0 Å². The normalized spacial score (nSPS) is 20.7. The van der Waals surface area contributed by atoms with Crippen LogP contribution in [-0.4, -0.2) is 22.7 Å². The topological polar surface area (TPSA) is 66.5 Å². The predicted molar refractivity (Wildman–Crippen MR) is 66.9 cm³/mol. The van der Waals surface area contributed by atoms with Crippen LogP contribution >= 0.6 is 0 Å². The van der Waals surface area contributed by atoms with Gasteiger partial charge < -0.3 is 0 Å². The summed E-state index contributed by atoms with van der Waals surface area (Å²) in [5.41, 5.74) is 0.991. The average Bonchev–Trinajstić information content (AvgIpc) is 3.15. The zero-order chi connectivity index (χ0) is 13.6. The zero-order valence-electron chi connectivity index (χ0n) is 10.6. The molecular weight excluding hydrogens is 244 g/mol. The smallest absolute Gasteiger partial charge is 0.277 e. The van der Waals surface area contributed by atoms with E-state index < -0.39 is 17.4 Å². The van der Waals surface area contributed by atoms with Crippen molar-refractivity contribution in [2.75, 3.05) is 0 Å². The highest BCUT2D eigenvalue weighted by atomic mass is 16.2. The molecule has 4 amide bonds. The van der Waals surface area contributed by atoms with Crippen LogP contribution in [0.2, 0.25) is 0 Å². The number of amides is 4. The number of nitrogens with one attached hydrogen (secondary N) is 1. The number of nitrogens with zero attached hydrogens (tertiary/aromatic N) is 1. The molecule has 1 saturated carbocycles. The SMILES string of the molecule is Cc1cccc(CN2C(=O)NC(=O)C3(CC3)C2=O)c1. The van der Waals surface area contributed by atoms with Crippen LogP contribution in [0, 0.1) is 12.3 Å². The van der Waals surface area contributed by atoms with Gasteiger partial charge in [-0.15, -0.1) is 0 Å². The molecule has 0 unspecified atom stereocenters. The molecule has 2 fully saturated rings. The number of carbonyl (C=O) groups excluding carboxylic acids is 3. The lowest BCUT2D eigenvalue weighted by atomic mass is 10.0. The molecule has 5 nitrogen and oxygen atoms in total. The van der Waals surface area contributed by atoms with Gasteiger partial charge in [0.2, 0.25) is 11.8 Å². The first-order chi connectivity index (χ1) is 9.03. The maximum Gasteiger partial charge on any atom is 0.331 e. The number of carbonyl (C=O) groups is 3. The number of imide groups is 2. The van der Waals surface area contributed by atoms with Gasteiger partial charge in [-0.05, 0) is 25.3 Å². The van der Waals surface area contributed by atoms with Gasteiger partial charge in [-0.2, -0.15) is 0 Å². The van der Waals surface area contributed by atoms with Crippen molar-refractivity contribution in [3.63, 3.8) is 0 Å². The van der Waals surface area contributed by atoms with Crippen LogP contribution < -0.4 is 5.32 Å². The van der Waals surface area contributed by atoms with Gasteiger partial charge in [0, 0.05) is 0 Å². The van der Waals surface area contributed by atoms with E-state index >= 15 is 0 Å². The summed E-state index contributed by atoms with van der Waals surface area (Å²) >= 11 is 0. The summed E-state index contributed by atoms with van der Waals surface area (Å²) in [6.07, 6.45) is 1.07. The maximum absolute atomic E-state index is 12.3. The fraction of sp³-hybridized carbons (Fsp3) is 0.357. The molecule has 0 bridgehead atoms. The number of urea groups is 1. The van der Waals surface area contributed by atoms with Crippen LogP contribution in [0.25, 0.3) is 0 Å². The third-order valence-corrected chi connectivity index (χ3v) is 3.73. The van der Waals surface area contributed by atoms with Crippen molar-refractivity contribution in [1.29, 1.82) is 0 Å². The molecule has 19 heavy (non-hydrogen) atoms. The third-order valence-electron chi connectivity index (χ3n) is 3.73. The van der Waals surface area contributed by atoms with Gasteiger partial charge in [0.05, 0.1) is 6.54 Å². The number of hydrogen-bond acceptors (Lipinski definition) is 3. The summed E-state index contributed by atoms with van der Waals surface area (Å²) in [5, 5.41) is 2.27. The first-order valence-electron chi connectivity index (χ1n) is 6.26. The highest BCUT2D eigenvalue weighted by Gasteiger charge is 2.62. The Morgan fingerprint density at radius 1 is 1.26 bits per heavy atom. The molecule has 98 valence electrons. The van der Waals surface area contributed by atoms with Crippen LogP contribution in [-0.2, 0) is 16.1 Å². The highest BCUT2D eigenvalue weighted by molar-refractivity contribution is 6.20. The molecule has 1 heterocycles. The summed E-state index contributed by atoms with van der Waals surface area (Å²) in [7, 11) is 0.